The lowest BCUT2D eigenvalue weighted by Gasteiger charge is -2.12. The zero-order chi connectivity index (χ0) is 13.5. The first-order valence-electron chi connectivity index (χ1n) is 7.03. The van der Waals surface area contributed by atoms with Gasteiger partial charge in [0, 0.05) is 18.5 Å². The number of furan rings is 1. The molecule has 3 nitrogen and oxygen atoms in total. The van der Waals surface area contributed by atoms with Crippen LogP contribution >= 0.6 is 0 Å². The van der Waals surface area contributed by atoms with E-state index in [-0.39, 0.29) is 5.91 Å². The van der Waals surface area contributed by atoms with Crippen LogP contribution in [0.1, 0.15) is 23.4 Å². The highest BCUT2D eigenvalue weighted by molar-refractivity contribution is 6.08. The summed E-state index contributed by atoms with van der Waals surface area (Å²) in [5.74, 6) is 0.473. The number of rotatable bonds is 1. The van der Waals surface area contributed by atoms with Crippen molar-refractivity contribution in [2.24, 2.45) is 0 Å². The number of carbonyl (C=O) groups is 1. The molecule has 1 fully saturated rings. The Hall–Kier alpha value is -2.29. The molecule has 4 rings (SSSR count). The van der Waals surface area contributed by atoms with Crippen molar-refractivity contribution >= 4 is 27.6 Å². The molecule has 3 heteroatoms. The predicted molar refractivity (Wildman–Crippen MR) is 78.9 cm³/mol. The van der Waals surface area contributed by atoms with E-state index >= 15 is 0 Å². The molecule has 0 radical (unpaired) electrons. The van der Waals surface area contributed by atoms with E-state index in [4.69, 9.17) is 4.42 Å². The zero-order valence-corrected chi connectivity index (χ0v) is 11.1. The lowest BCUT2D eigenvalue weighted by Crippen LogP contribution is -2.27. The minimum Gasteiger partial charge on any atom is -0.451 e. The summed E-state index contributed by atoms with van der Waals surface area (Å²) < 4.78 is 5.76. The third-order valence-electron chi connectivity index (χ3n) is 4.03. The molecule has 1 aliphatic heterocycles. The SMILES string of the molecule is O=C(c1cc2c(ccc3ccccc32)o1)N1CCCC1. The van der Waals surface area contributed by atoms with Gasteiger partial charge in [0.25, 0.3) is 5.91 Å². The molecular weight excluding hydrogens is 250 g/mol. The van der Waals surface area contributed by atoms with Crippen molar-refractivity contribution in [3.05, 3.63) is 48.2 Å². The van der Waals surface area contributed by atoms with Gasteiger partial charge < -0.3 is 9.32 Å². The smallest absolute Gasteiger partial charge is 0.289 e. The molecule has 1 saturated heterocycles. The van der Waals surface area contributed by atoms with Gasteiger partial charge in [0.15, 0.2) is 5.76 Å². The average Bonchev–Trinajstić information content (AvgIpc) is 3.15. The van der Waals surface area contributed by atoms with E-state index in [2.05, 4.69) is 12.1 Å². The number of hydrogen-bond donors (Lipinski definition) is 0. The lowest BCUT2D eigenvalue weighted by atomic mass is 10.1. The van der Waals surface area contributed by atoms with Gasteiger partial charge in [-0.15, -0.1) is 0 Å². The molecular formula is C17H15NO2. The van der Waals surface area contributed by atoms with Crippen LogP contribution in [0.2, 0.25) is 0 Å². The van der Waals surface area contributed by atoms with Crippen LogP contribution in [0.4, 0.5) is 0 Å². The van der Waals surface area contributed by atoms with Gasteiger partial charge in [-0.05, 0) is 35.7 Å². The van der Waals surface area contributed by atoms with Gasteiger partial charge in [0.05, 0.1) is 0 Å². The molecule has 0 bridgehead atoms. The summed E-state index contributed by atoms with van der Waals surface area (Å²) in [6.45, 7) is 1.69. The summed E-state index contributed by atoms with van der Waals surface area (Å²) in [7, 11) is 0. The number of amides is 1. The first-order chi connectivity index (χ1) is 9.83. The molecule has 0 atom stereocenters. The van der Waals surface area contributed by atoms with Gasteiger partial charge in [0.1, 0.15) is 5.58 Å². The summed E-state index contributed by atoms with van der Waals surface area (Å²) in [4.78, 5) is 14.3. The fourth-order valence-electron chi connectivity index (χ4n) is 2.97. The van der Waals surface area contributed by atoms with E-state index in [0.717, 1.165) is 42.3 Å². The quantitative estimate of drug-likeness (QED) is 0.670. The lowest BCUT2D eigenvalue weighted by molar-refractivity contribution is 0.0763. The minimum atomic E-state index is 0.0165. The molecule has 0 unspecified atom stereocenters. The maximum Gasteiger partial charge on any atom is 0.289 e. The Labute approximate surface area is 116 Å². The van der Waals surface area contributed by atoms with Crippen molar-refractivity contribution in [2.75, 3.05) is 13.1 Å². The third-order valence-corrected chi connectivity index (χ3v) is 4.03. The molecule has 20 heavy (non-hydrogen) atoms. The molecule has 0 aliphatic carbocycles. The van der Waals surface area contributed by atoms with Gasteiger partial charge >= 0.3 is 0 Å². The van der Waals surface area contributed by atoms with Crippen LogP contribution in [0.15, 0.2) is 46.9 Å². The number of hydrogen-bond acceptors (Lipinski definition) is 2. The Morgan fingerprint density at radius 1 is 1.00 bits per heavy atom. The standard InChI is InChI=1S/C17H15NO2/c19-17(18-9-3-4-10-18)16-11-14-13-6-2-1-5-12(13)7-8-15(14)20-16/h1-2,5-8,11H,3-4,9-10H2. The molecule has 100 valence electrons. The predicted octanol–water partition coefficient (Wildman–Crippen LogP) is 3.82. The van der Waals surface area contributed by atoms with Crippen LogP contribution in [0.3, 0.4) is 0 Å². The summed E-state index contributed by atoms with van der Waals surface area (Å²) in [6.07, 6.45) is 2.18. The van der Waals surface area contributed by atoms with Crippen molar-refractivity contribution in [3.63, 3.8) is 0 Å². The van der Waals surface area contributed by atoms with Crippen LogP contribution < -0.4 is 0 Å². The van der Waals surface area contributed by atoms with Gasteiger partial charge in [-0.1, -0.05) is 30.3 Å². The molecule has 1 aliphatic rings. The Kier molecular flexibility index (Phi) is 2.52. The first kappa shape index (κ1) is 11.5. The van der Waals surface area contributed by atoms with Crippen LogP contribution in [0.5, 0.6) is 0 Å². The second kappa shape index (κ2) is 4.37. The van der Waals surface area contributed by atoms with Crippen molar-refractivity contribution in [3.8, 4) is 0 Å². The average molecular weight is 265 g/mol. The maximum absolute atomic E-state index is 12.4. The fourth-order valence-corrected chi connectivity index (χ4v) is 2.97. The number of likely N-dealkylation sites (tertiary alicyclic amines) is 1. The van der Waals surface area contributed by atoms with Gasteiger partial charge in [-0.2, -0.15) is 0 Å². The molecule has 1 aromatic heterocycles. The van der Waals surface area contributed by atoms with Gasteiger partial charge in [0.2, 0.25) is 0 Å². The molecule has 0 saturated carbocycles. The van der Waals surface area contributed by atoms with Crippen molar-refractivity contribution in [1.29, 1.82) is 0 Å². The van der Waals surface area contributed by atoms with Gasteiger partial charge in [-0.25, -0.2) is 0 Å². The first-order valence-corrected chi connectivity index (χ1v) is 7.03. The highest BCUT2D eigenvalue weighted by Crippen LogP contribution is 2.29. The van der Waals surface area contributed by atoms with Crippen LogP contribution in [-0.4, -0.2) is 23.9 Å². The summed E-state index contributed by atoms with van der Waals surface area (Å²) >= 11 is 0. The van der Waals surface area contributed by atoms with E-state index in [1.54, 1.807) is 0 Å². The monoisotopic (exact) mass is 265 g/mol. The molecule has 2 heterocycles. The second-order valence-corrected chi connectivity index (χ2v) is 5.31. The van der Waals surface area contributed by atoms with Crippen molar-refractivity contribution < 1.29 is 9.21 Å². The minimum absolute atomic E-state index is 0.0165. The number of benzene rings is 2. The maximum atomic E-state index is 12.4. The van der Waals surface area contributed by atoms with E-state index in [1.807, 2.05) is 35.2 Å². The fraction of sp³-hybridized carbons (Fsp3) is 0.235. The van der Waals surface area contributed by atoms with E-state index in [0.29, 0.717) is 5.76 Å². The molecule has 2 aromatic carbocycles. The third kappa shape index (κ3) is 1.70. The highest BCUT2D eigenvalue weighted by Gasteiger charge is 2.22. The highest BCUT2D eigenvalue weighted by atomic mass is 16.3. The van der Waals surface area contributed by atoms with Crippen LogP contribution in [0, 0.1) is 0 Å². The topological polar surface area (TPSA) is 33.5 Å². The number of carbonyl (C=O) groups excluding carboxylic acids is 1. The number of nitrogens with zero attached hydrogens (tertiary/aromatic N) is 1. The van der Waals surface area contributed by atoms with Crippen molar-refractivity contribution in [1.82, 2.24) is 4.90 Å². The van der Waals surface area contributed by atoms with E-state index in [1.165, 1.54) is 5.39 Å². The summed E-state index contributed by atoms with van der Waals surface area (Å²) in [5.41, 5.74) is 0.784. The molecule has 1 amide bonds. The largest absolute Gasteiger partial charge is 0.451 e. The summed E-state index contributed by atoms with van der Waals surface area (Å²) in [5, 5.41) is 3.32. The van der Waals surface area contributed by atoms with E-state index < -0.39 is 0 Å². The molecule has 0 N–H and O–H groups in total. The Balaban J connectivity index is 1.85. The number of fused-ring (bicyclic) bond motifs is 3. The normalized spacial score (nSPS) is 15.3. The van der Waals surface area contributed by atoms with Gasteiger partial charge in [-0.3, -0.25) is 4.79 Å². The zero-order valence-electron chi connectivity index (χ0n) is 11.1. The second-order valence-electron chi connectivity index (χ2n) is 5.31. The van der Waals surface area contributed by atoms with Crippen LogP contribution in [0.25, 0.3) is 21.7 Å². The summed E-state index contributed by atoms with van der Waals surface area (Å²) in [6, 6.07) is 14.0. The molecule has 3 aromatic rings. The van der Waals surface area contributed by atoms with Crippen molar-refractivity contribution in [2.45, 2.75) is 12.8 Å². The Morgan fingerprint density at radius 3 is 2.65 bits per heavy atom. The molecule has 0 spiro atoms. The Bertz CT molecular complexity index is 797. The van der Waals surface area contributed by atoms with Crippen LogP contribution in [-0.2, 0) is 0 Å². The Morgan fingerprint density at radius 2 is 1.80 bits per heavy atom. The van der Waals surface area contributed by atoms with E-state index in [9.17, 15) is 4.79 Å².